The molecular formula is C12H10NO3-. The smallest absolute Gasteiger partial charge is 0.152 e. The average molecular weight is 216 g/mol. The lowest BCUT2D eigenvalue weighted by Crippen LogP contribution is -2.26. The number of hydrogen-bond donors (Lipinski definition) is 0. The highest BCUT2D eigenvalue weighted by Crippen LogP contribution is 2.24. The number of rotatable bonds is 3. The second-order valence-electron chi connectivity index (χ2n) is 3.43. The summed E-state index contributed by atoms with van der Waals surface area (Å²) in [6.45, 7) is 2.31. The Balaban J connectivity index is 2.95. The quantitative estimate of drug-likeness (QED) is 0.714. The van der Waals surface area contributed by atoms with Crippen molar-refractivity contribution in [3.8, 4) is 0 Å². The van der Waals surface area contributed by atoms with E-state index in [0.29, 0.717) is 18.2 Å². The molecule has 0 aliphatic carbocycles. The molecule has 0 radical (unpaired) electrons. The van der Waals surface area contributed by atoms with E-state index in [-0.39, 0.29) is 11.3 Å². The molecule has 0 aliphatic heterocycles. The number of aromatic nitrogens is 1. The lowest BCUT2D eigenvalue weighted by molar-refractivity contribution is -0.255. The minimum absolute atomic E-state index is 0.0429. The van der Waals surface area contributed by atoms with Crippen LogP contribution in [0.3, 0.4) is 0 Å². The minimum Gasteiger partial charge on any atom is -0.543 e. The van der Waals surface area contributed by atoms with Crippen molar-refractivity contribution in [2.24, 2.45) is 0 Å². The second-order valence-corrected chi connectivity index (χ2v) is 3.43. The van der Waals surface area contributed by atoms with E-state index in [4.69, 9.17) is 0 Å². The Morgan fingerprint density at radius 2 is 2.12 bits per heavy atom. The topological polar surface area (TPSA) is 62.1 Å². The van der Waals surface area contributed by atoms with Crippen LogP contribution in [0.2, 0.25) is 0 Å². The van der Waals surface area contributed by atoms with Gasteiger partial charge in [0.1, 0.15) is 0 Å². The molecule has 82 valence electrons. The van der Waals surface area contributed by atoms with Crippen molar-refractivity contribution >= 4 is 23.2 Å². The normalized spacial score (nSPS) is 10.6. The first-order valence-corrected chi connectivity index (χ1v) is 4.98. The molecule has 0 spiro atoms. The van der Waals surface area contributed by atoms with Crippen molar-refractivity contribution in [3.63, 3.8) is 0 Å². The number of carbonyl (C=O) groups is 2. The highest BCUT2D eigenvalue weighted by atomic mass is 16.4. The van der Waals surface area contributed by atoms with Crippen LogP contribution >= 0.6 is 0 Å². The van der Waals surface area contributed by atoms with Gasteiger partial charge in [0.05, 0.1) is 11.7 Å². The van der Waals surface area contributed by atoms with Crippen LogP contribution in [0.1, 0.15) is 27.8 Å². The number of aldehydes is 1. The summed E-state index contributed by atoms with van der Waals surface area (Å²) in [5.74, 6) is -1.32. The molecule has 0 saturated carbocycles. The first kappa shape index (κ1) is 10.4. The van der Waals surface area contributed by atoms with Gasteiger partial charge in [-0.25, -0.2) is 0 Å². The fourth-order valence-electron chi connectivity index (χ4n) is 2.00. The van der Waals surface area contributed by atoms with Crippen LogP contribution in [0.4, 0.5) is 0 Å². The van der Waals surface area contributed by atoms with Crippen LogP contribution < -0.4 is 5.11 Å². The van der Waals surface area contributed by atoms with Gasteiger partial charge in [-0.3, -0.25) is 4.79 Å². The summed E-state index contributed by atoms with van der Waals surface area (Å²) in [6.07, 6.45) is 0.569. The van der Waals surface area contributed by atoms with Crippen LogP contribution in [0, 0.1) is 0 Å². The first-order chi connectivity index (χ1) is 7.70. The van der Waals surface area contributed by atoms with Gasteiger partial charge in [0.2, 0.25) is 0 Å². The summed E-state index contributed by atoms with van der Waals surface area (Å²) in [4.78, 5) is 22.0. The zero-order valence-corrected chi connectivity index (χ0v) is 8.77. The molecule has 0 saturated heterocycles. The number of benzene rings is 1. The zero-order valence-electron chi connectivity index (χ0n) is 8.77. The molecule has 0 unspecified atom stereocenters. The molecule has 0 amide bonds. The van der Waals surface area contributed by atoms with Gasteiger partial charge in [0.25, 0.3) is 0 Å². The van der Waals surface area contributed by atoms with Crippen molar-refractivity contribution in [1.82, 2.24) is 4.57 Å². The van der Waals surface area contributed by atoms with Crippen LogP contribution in [-0.2, 0) is 6.54 Å². The summed E-state index contributed by atoms with van der Waals surface area (Å²) < 4.78 is 1.58. The lowest BCUT2D eigenvalue weighted by Gasteiger charge is -2.08. The minimum atomic E-state index is -1.32. The fraction of sp³-hybridized carbons (Fsp3) is 0.167. The Labute approximate surface area is 92.1 Å². The number of para-hydroxylation sites is 1. The molecule has 0 fully saturated rings. The number of carbonyl (C=O) groups excluding carboxylic acids is 2. The number of aryl methyl sites for hydroxylation is 1. The van der Waals surface area contributed by atoms with E-state index in [9.17, 15) is 14.7 Å². The van der Waals surface area contributed by atoms with Crippen molar-refractivity contribution in [1.29, 1.82) is 0 Å². The van der Waals surface area contributed by atoms with Crippen LogP contribution in [0.5, 0.6) is 0 Å². The molecule has 1 heterocycles. The molecule has 0 atom stereocenters. The van der Waals surface area contributed by atoms with E-state index in [1.165, 1.54) is 0 Å². The average Bonchev–Trinajstić information content (AvgIpc) is 2.62. The van der Waals surface area contributed by atoms with Crippen molar-refractivity contribution in [2.45, 2.75) is 13.5 Å². The molecule has 1 aromatic carbocycles. The van der Waals surface area contributed by atoms with Crippen LogP contribution in [-0.4, -0.2) is 16.8 Å². The highest BCUT2D eigenvalue weighted by molar-refractivity contribution is 6.07. The van der Waals surface area contributed by atoms with Gasteiger partial charge < -0.3 is 14.5 Å². The predicted molar refractivity (Wildman–Crippen MR) is 57.3 cm³/mol. The molecule has 1 aromatic heterocycles. The molecule has 16 heavy (non-hydrogen) atoms. The van der Waals surface area contributed by atoms with Gasteiger partial charge in [-0.1, -0.05) is 18.2 Å². The summed E-state index contributed by atoms with van der Waals surface area (Å²) in [6, 6.07) is 7.10. The van der Waals surface area contributed by atoms with E-state index < -0.39 is 5.97 Å². The number of carboxylic acids is 1. The summed E-state index contributed by atoms with van der Waals surface area (Å²) in [7, 11) is 0. The second kappa shape index (κ2) is 3.81. The number of nitrogens with zero attached hydrogens (tertiary/aromatic N) is 1. The Hall–Kier alpha value is -2.10. The maximum atomic E-state index is 11.0. The summed E-state index contributed by atoms with van der Waals surface area (Å²) in [5.41, 5.74) is 0.891. The maximum absolute atomic E-state index is 11.0. The molecule has 0 bridgehead atoms. The summed E-state index contributed by atoms with van der Waals surface area (Å²) >= 11 is 0. The number of aromatic carboxylic acids is 1. The SMILES string of the molecule is CCn1c(C(=O)[O-])c(C=O)c2ccccc21. The molecule has 2 aromatic rings. The van der Waals surface area contributed by atoms with E-state index in [1.54, 1.807) is 22.8 Å². The third kappa shape index (κ3) is 1.31. The largest absolute Gasteiger partial charge is 0.543 e. The first-order valence-electron chi connectivity index (χ1n) is 4.98. The third-order valence-electron chi connectivity index (χ3n) is 2.64. The zero-order chi connectivity index (χ0) is 11.7. The number of carboxylic acid groups (broad SMARTS) is 1. The predicted octanol–water partition coefficient (Wildman–Crippen LogP) is 0.837. The van der Waals surface area contributed by atoms with Crippen LogP contribution in [0.25, 0.3) is 10.9 Å². The van der Waals surface area contributed by atoms with Crippen molar-refractivity contribution in [2.75, 3.05) is 0 Å². The van der Waals surface area contributed by atoms with Gasteiger partial charge in [0.15, 0.2) is 6.29 Å². The molecule has 0 aliphatic rings. The Morgan fingerprint density at radius 3 is 2.69 bits per heavy atom. The molecule has 4 nitrogen and oxygen atoms in total. The van der Waals surface area contributed by atoms with Gasteiger partial charge >= 0.3 is 0 Å². The van der Waals surface area contributed by atoms with Gasteiger partial charge in [0, 0.05) is 23.0 Å². The summed E-state index contributed by atoms with van der Waals surface area (Å²) in [5, 5.41) is 11.7. The van der Waals surface area contributed by atoms with E-state index >= 15 is 0 Å². The van der Waals surface area contributed by atoms with E-state index in [0.717, 1.165) is 5.52 Å². The Kier molecular flexibility index (Phi) is 2.48. The molecule has 0 N–H and O–H groups in total. The third-order valence-corrected chi connectivity index (χ3v) is 2.64. The van der Waals surface area contributed by atoms with Gasteiger partial charge in [-0.2, -0.15) is 0 Å². The van der Waals surface area contributed by atoms with E-state index in [2.05, 4.69) is 0 Å². The van der Waals surface area contributed by atoms with Gasteiger partial charge in [-0.05, 0) is 13.0 Å². The monoisotopic (exact) mass is 216 g/mol. The fourth-order valence-corrected chi connectivity index (χ4v) is 2.00. The molecule has 4 heteroatoms. The highest BCUT2D eigenvalue weighted by Gasteiger charge is 2.15. The molecular weight excluding hydrogens is 206 g/mol. The number of fused-ring (bicyclic) bond motifs is 1. The molecule has 2 rings (SSSR count). The van der Waals surface area contributed by atoms with Crippen molar-refractivity contribution in [3.05, 3.63) is 35.5 Å². The lowest BCUT2D eigenvalue weighted by atomic mass is 10.1. The van der Waals surface area contributed by atoms with E-state index in [1.807, 2.05) is 13.0 Å². The van der Waals surface area contributed by atoms with Gasteiger partial charge in [-0.15, -0.1) is 0 Å². The Bertz CT molecular complexity index is 569. The van der Waals surface area contributed by atoms with Crippen LogP contribution in [0.15, 0.2) is 24.3 Å². The Morgan fingerprint density at radius 1 is 1.44 bits per heavy atom. The standard InChI is InChI=1S/C12H11NO3/c1-2-13-10-6-4-3-5-8(10)9(7-14)11(13)12(15)16/h3-7H,2H2,1H3,(H,15,16)/p-1. The number of hydrogen-bond acceptors (Lipinski definition) is 3. The van der Waals surface area contributed by atoms with Crippen molar-refractivity contribution < 1.29 is 14.7 Å². The maximum Gasteiger partial charge on any atom is 0.152 e.